The molecule has 1 amide bonds. The van der Waals surface area contributed by atoms with Crippen molar-refractivity contribution in [2.45, 2.75) is 6.42 Å². The Labute approximate surface area is 106 Å². The highest BCUT2D eigenvalue weighted by molar-refractivity contribution is 5.77. The number of anilines is 1. The van der Waals surface area contributed by atoms with Crippen molar-refractivity contribution in [3.8, 4) is 5.75 Å². The van der Waals surface area contributed by atoms with Gasteiger partial charge in [0.05, 0.1) is 13.2 Å². The molecule has 0 saturated carbocycles. The largest absolute Gasteiger partial charge is 0.493 e. The molecule has 5 heteroatoms. The highest BCUT2D eigenvalue weighted by Gasteiger charge is 2.17. The van der Waals surface area contributed by atoms with Crippen molar-refractivity contribution in [2.75, 3.05) is 38.6 Å². The molecule has 1 aliphatic heterocycles. The van der Waals surface area contributed by atoms with Crippen molar-refractivity contribution in [2.24, 2.45) is 0 Å². The number of ether oxygens (including phenoxy) is 2. The van der Waals surface area contributed by atoms with Gasteiger partial charge in [-0.25, -0.2) is 0 Å². The first kappa shape index (κ1) is 12.7. The quantitative estimate of drug-likeness (QED) is 0.623. The van der Waals surface area contributed by atoms with Crippen LogP contribution in [0.2, 0.25) is 0 Å². The normalized spacial score (nSPS) is 15.8. The van der Waals surface area contributed by atoms with Gasteiger partial charge in [0, 0.05) is 24.8 Å². The molecule has 98 valence electrons. The predicted molar refractivity (Wildman–Crippen MR) is 68.4 cm³/mol. The molecule has 0 bridgehead atoms. The molecule has 5 nitrogen and oxygen atoms in total. The van der Waals surface area contributed by atoms with Crippen LogP contribution in [-0.4, -0.2) is 43.7 Å². The summed E-state index contributed by atoms with van der Waals surface area (Å²) in [5, 5.41) is 0. The van der Waals surface area contributed by atoms with E-state index in [0.29, 0.717) is 32.0 Å². The highest BCUT2D eigenvalue weighted by atomic mass is 16.5. The second-order valence-electron chi connectivity index (χ2n) is 4.21. The second-order valence-corrected chi connectivity index (χ2v) is 4.21. The van der Waals surface area contributed by atoms with Gasteiger partial charge in [-0.3, -0.25) is 4.79 Å². The van der Waals surface area contributed by atoms with Crippen LogP contribution >= 0.6 is 0 Å². The SMILES string of the molecule is Nc1cccc(OCCCN2CCOCC2=O)c1. The molecule has 0 unspecified atom stereocenters. The average molecular weight is 250 g/mol. The van der Waals surface area contributed by atoms with E-state index in [0.717, 1.165) is 12.2 Å². The Bertz CT molecular complexity index is 409. The van der Waals surface area contributed by atoms with Gasteiger partial charge in [0.2, 0.25) is 5.91 Å². The molecule has 18 heavy (non-hydrogen) atoms. The third-order valence-corrected chi connectivity index (χ3v) is 2.78. The van der Waals surface area contributed by atoms with E-state index in [1.54, 1.807) is 6.07 Å². The Balaban J connectivity index is 1.68. The van der Waals surface area contributed by atoms with Crippen molar-refractivity contribution in [1.29, 1.82) is 0 Å². The van der Waals surface area contributed by atoms with Crippen LogP contribution < -0.4 is 10.5 Å². The van der Waals surface area contributed by atoms with E-state index in [2.05, 4.69) is 0 Å². The number of hydrogen-bond acceptors (Lipinski definition) is 4. The van der Waals surface area contributed by atoms with E-state index >= 15 is 0 Å². The van der Waals surface area contributed by atoms with Crippen molar-refractivity contribution in [3.05, 3.63) is 24.3 Å². The van der Waals surface area contributed by atoms with Gasteiger partial charge in [-0.05, 0) is 18.6 Å². The van der Waals surface area contributed by atoms with E-state index in [1.165, 1.54) is 0 Å². The molecule has 0 aromatic heterocycles. The smallest absolute Gasteiger partial charge is 0.248 e. The molecular weight excluding hydrogens is 232 g/mol. The maximum atomic E-state index is 11.4. The molecule has 1 fully saturated rings. The van der Waals surface area contributed by atoms with Crippen LogP contribution in [0.3, 0.4) is 0 Å². The molecule has 1 aromatic carbocycles. The molecule has 1 saturated heterocycles. The van der Waals surface area contributed by atoms with Crippen molar-refractivity contribution in [3.63, 3.8) is 0 Å². The molecule has 1 heterocycles. The number of hydrogen-bond donors (Lipinski definition) is 1. The summed E-state index contributed by atoms with van der Waals surface area (Å²) in [7, 11) is 0. The highest BCUT2D eigenvalue weighted by Crippen LogP contribution is 2.14. The summed E-state index contributed by atoms with van der Waals surface area (Å²) in [5.41, 5.74) is 6.34. The standard InChI is InChI=1S/C13H18N2O3/c14-11-3-1-4-12(9-11)18-7-2-5-15-6-8-17-10-13(15)16/h1,3-4,9H,2,5-8,10,14H2. The van der Waals surface area contributed by atoms with Gasteiger partial charge in [-0.1, -0.05) is 6.07 Å². The van der Waals surface area contributed by atoms with Crippen LogP contribution in [0.1, 0.15) is 6.42 Å². The fraction of sp³-hybridized carbons (Fsp3) is 0.462. The van der Waals surface area contributed by atoms with E-state index in [9.17, 15) is 4.79 Å². The maximum Gasteiger partial charge on any atom is 0.248 e. The number of amides is 1. The van der Waals surface area contributed by atoms with Crippen LogP contribution in [0.15, 0.2) is 24.3 Å². The number of nitrogen functional groups attached to an aromatic ring is 1. The predicted octanol–water partition coefficient (Wildman–Crippen LogP) is 0.896. The Morgan fingerprint density at radius 3 is 3.11 bits per heavy atom. The lowest BCUT2D eigenvalue weighted by Gasteiger charge is -2.26. The zero-order valence-corrected chi connectivity index (χ0v) is 10.3. The number of nitrogens with zero attached hydrogens (tertiary/aromatic N) is 1. The monoisotopic (exact) mass is 250 g/mol. The molecule has 0 radical (unpaired) electrons. The number of benzene rings is 1. The van der Waals surface area contributed by atoms with Crippen LogP contribution in [0.25, 0.3) is 0 Å². The van der Waals surface area contributed by atoms with E-state index in [-0.39, 0.29) is 12.5 Å². The second kappa shape index (κ2) is 6.26. The van der Waals surface area contributed by atoms with Crippen LogP contribution in [0.4, 0.5) is 5.69 Å². The molecular formula is C13H18N2O3. The lowest BCUT2D eigenvalue weighted by atomic mass is 10.3. The van der Waals surface area contributed by atoms with Crippen molar-refractivity contribution < 1.29 is 14.3 Å². The third kappa shape index (κ3) is 3.63. The molecule has 0 atom stereocenters. The van der Waals surface area contributed by atoms with Gasteiger partial charge in [0.1, 0.15) is 12.4 Å². The van der Waals surface area contributed by atoms with Crippen molar-refractivity contribution in [1.82, 2.24) is 4.90 Å². The Kier molecular flexibility index (Phi) is 4.41. The lowest BCUT2D eigenvalue weighted by Crippen LogP contribution is -2.42. The van der Waals surface area contributed by atoms with Gasteiger partial charge in [-0.2, -0.15) is 0 Å². The first-order valence-electron chi connectivity index (χ1n) is 6.09. The van der Waals surface area contributed by atoms with Crippen LogP contribution in [0.5, 0.6) is 5.75 Å². The Morgan fingerprint density at radius 1 is 1.44 bits per heavy atom. The average Bonchev–Trinajstić information content (AvgIpc) is 2.37. The topological polar surface area (TPSA) is 64.8 Å². The first-order valence-corrected chi connectivity index (χ1v) is 6.09. The number of nitrogens with two attached hydrogens (primary N) is 1. The number of rotatable bonds is 5. The summed E-state index contributed by atoms with van der Waals surface area (Å²) in [4.78, 5) is 13.3. The van der Waals surface area contributed by atoms with Crippen molar-refractivity contribution >= 4 is 11.6 Å². The maximum absolute atomic E-state index is 11.4. The molecule has 0 aliphatic carbocycles. The molecule has 1 aliphatic rings. The minimum atomic E-state index is 0.0604. The zero-order chi connectivity index (χ0) is 12.8. The first-order chi connectivity index (χ1) is 8.75. The molecule has 0 spiro atoms. The Morgan fingerprint density at radius 2 is 2.33 bits per heavy atom. The van der Waals surface area contributed by atoms with Gasteiger partial charge < -0.3 is 20.1 Å². The minimum absolute atomic E-state index is 0.0604. The summed E-state index contributed by atoms with van der Waals surface area (Å²) in [6.45, 7) is 2.80. The number of carbonyl (C=O) groups is 1. The summed E-state index contributed by atoms with van der Waals surface area (Å²) in [6.07, 6.45) is 0.806. The number of carbonyl (C=O) groups excluding carboxylic acids is 1. The van der Waals surface area contributed by atoms with E-state index < -0.39 is 0 Å². The van der Waals surface area contributed by atoms with E-state index in [4.69, 9.17) is 15.2 Å². The molecule has 1 aromatic rings. The fourth-order valence-corrected chi connectivity index (χ4v) is 1.84. The third-order valence-electron chi connectivity index (χ3n) is 2.78. The van der Waals surface area contributed by atoms with E-state index in [1.807, 2.05) is 23.1 Å². The fourth-order valence-electron chi connectivity index (χ4n) is 1.84. The van der Waals surface area contributed by atoms with Crippen LogP contribution in [0, 0.1) is 0 Å². The van der Waals surface area contributed by atoms with Gasteiger partial charge in [-0.15, -0.1) is 0 Å². The molecule has 2 N–H and O–H groups in total. The minimum Gasteiger partial charge on any atom is -0.493 e. The summed E-state index contributed by atoms with van der Waals surface area (Å²) < 4.78 is 10.6. The van der Waals surface area contributed by atoms with Gasteiger partial charge in [0.25, 0.3) is 0 Å². The van der Waals surface area contributed by atoms with Gasteiger partial charge >= 0.3 is 0 Å². The summed E-state index contributed by atoms with van der Waals surface area (Å²) in [6, 6.07) is 7.34. The zero-order valence-electron chi connectivity index (χ0n) is 10.3. The van der Waals surface area contributed by atoms with Crippen LogP contribution in [-0.2, 0) is 9.53 Å². The molecule has 2 rings (SSSR count). The summed E-state index contributed by atoms with van der Waals surface area (Å²) in [5.74, 6) is 0.827. The number of morpholine rings is 1. The van der Waals surface area contributed by atoms with Gasteiger partial charge in [0.15, 0.2) is 0 Å². The lowest BCUT2D eigenvalue weighted by molar-refractivity contribution is -0.142. The summed E-state index contributed by atoms with van der Waals surface area (Å²) >= 11 is 0. The Hall–Kier alpha value is -1.75.